The van der Waals surface area contributed by atoms with Gasteiger partial charge in [-0.1, -0.05) is 39.2 Å². The van der Waals surface area contributed by atoms with Crippen LogP contribution in [0.25, 0.3) is 0 Å². The van der Waals surface area contributed by atoms with E-state index in [4.69, 9.17) is 14.2 Å². The van der Waals surface area contributed by atoms with Gasteiger partial charge in [0.05, 0.1) is 5.56 Å². The number of carbonyl (C=O) groups excluding carboxylic acids is 2. The van der Waals surface area contributed by atoms with Crippen LogP contribution in [-0.2, 0) is 14.3 Å². The molecule has 32 heavy (non-hydrogen) atoms. The van der Waals surface area contributed by atoms with Crippen LogP contribution in [-0.4, -0.2) is 24.8 Å². The Morgan fingerprint density at radius 1 is 0.938 bits per heavy atom. The van der Waals surface area contributed by atoms with Crippen LogP contribution in [0.1, 0.15) is 88.4 Å². The van der Waals surface area contributed by atoms with Crippen LogP contribution in [0.2, 0.25) is 0 Å². The second-order valence-corrected chi connectivity index (χ2v) is 9.51. The summed E-state index contributed by atoms with van der Waals surface area (Å²) in [6.07, 6.45) is 12.6. The second kappa shape index (κ2) is 12.1. The molecule has 2 aliphatic carbocycles. The zero-order valence-electron chi connectivity index (χ0n) is 19.6. The summed E-state index contributed by atoms with van der Waals surface area (Å²) in [7, 11) is 0. The highest BCUT2D eigenvalue weighted by atomic mass is 16.7. The van der Waals surface area contributed by atoms with Gasteiger partial charge in [-0.05, 0) is 87.5 Å². The maximum absolute atomic E-state index is 12.5. The van der Waals surface area contributed by atoms with Gasteiger partial charge in [-0.25, -0.2) is 9.59 Å². The molecule has 0 spiro atoms. The van der Waals surface area contributed by atoms with Gasteiger partial charge < -0.3 is 14.2 Å². The summed E-state index contributed by atoms with van der Waals surface area (Å²) in [4.78, 5) is 23.9. The van der Waals surface area contributed by atoms with E-state index in [1.807, 2.05) is 0 Å². The van der Waals surface area contributed by atoms with Gasteiger partial charge in [0.2, 0.25) is 6.79 Å². The van der Waals surface area contributed by atoms with Crippen molar-refractivity contribution in [3.8, 4) is 5.75 Å². The first-order valence-corrected chi connectivity index (χ1v) is 12.2. The zero-order chi connectivity index (χ0) is 22.9. The fourth-order valence-corrected chi connectivity index (χ4v) is 5.22. The quantitative estimate of drug-likeness (QED) is 0.249. The Morgan fingerprint density at radius 2 is 1.53 bits per heavy atom. The molecule has 2 fully saturated rings. The number of hydrogen-bond acceptors (Lipinski definition) is 5. The summed E-state index contributed by atoms with van der Waals surface area (Å²) in [5.74, 6) is 2.38. The second-order valence-electron chi connectivity index (χ2n) is 9.51. The van der Waals surface area contributed by atoms with E-state index in [9.17, 15) is 9.59 Å². The lowest BCUT2D eigenvalue weighted by molar-refractivity contribution is -0.145. The van der Waals surface area contributed by atoms with Crippen LogP contribution in [0, 0.1) is 17.8 Å². The Balaban J connectivity index is 1.37. The standard InChI is InChI=1S/C27H38O5/c1-4-5-20-6-8-21(9-7-20)22-10-16-25(17-11-22)32-27(29)23-12-14-24(15-13-23)30-18-31-26(28)19(2)3/h12-15,20-22,25H,2,4-11,16-18H2,1,3H3. The Hall–Kier alpha value is -2.30. The molecule has 0 amide bonds. The van der Waals surface area contributed by atoms with Gasteiger partial charge in [0.1, 0.15) is 11.9 Å². The van der Waals surface area contributed by atoms with Crippen molar-refractivity contribution in [1.29, 1.82) is 0 Å². The fourth-order valence-electron chi connectivity index (χ4n) is 5.22. The molecule has 1 aromatic rings. The molecule has 0 saturated heterocycles. The summed E-state index contributed by atoms with van der Waals surface area (Å²) in [6.45, 7) is 7.19. The number of carbonyl (C=O) groups is 2. The first-order chi connectivity index (χ1) is 15.5. The molecule has 2 aliphatic rings. The lowest BCUT2D eigenvalue weighted by Gasteiger charge is -2.37. The number of esters is 2. The largest absolute Gasteiger partial charge is 0.459 e. The third kappa shape index (κ3) is 7.11. The molecule has 0 N–H and O–H groups in total. The molecule has 5 nitrogen and oxygen atoms in total. The highest BCUT2D eigenvalue weighted by Gasteiger charge is 2.31. The molecule has 0 heterocycles. The normalized spacial score (nSPS) is 25.6. The maximum atomic E-state index is 12.5. The predicted molar refractivity (Wildman–Crippen MR) is 124 cm³/mol. The van der Waals surface area contributed by atoms with Crippen LogP contribution in [0.4, 0.5) is 0 Å². The lowest BCUT2D eigenvalue weighted by Crippen LogP contribution is -2.29. The van der Waals surface area contributed by atoms with Gasteiger partial charge in [0, 0.05) is 5.57 Å². The molecule has 0 aromatic heterocycles. The molecule has 0 aliphatic heterocycles. The summed E-state index contributed by atoms with van der Waals surface area (Å²) in [6, 6.07) is 6.71. The fraction of sp³-hybridized carbons (Fsp3) is 0.630. The third-order valence-corrected chi connectivity index (χ3v) is 7.10. The number of benzene rings is 1. The molecule has 0 bridgehead atoms. The van der Waals surface area contributed by atoms with Crippen molar-refractivity contribution < 1.29 is 23.8 Å². The predicted octanol–water partition coefficient (Wildman–Crippen LogP) is 6.46. The Labute approximate surface area is 192 Å². The first kappa shape index (κ1) is 24.3. The third-order valence-electron chi connectivity index (χ3n) is 7.10. The Morgan fingerprint density at radius 3 is 2.09 bits per heavy atom. The summed E-state index contributed by atoms with van der Waals surface area (Å²) >= 11 is 0. The van der Waals surface area contributed by atoms with E-state index in [0.717, 1.165) is 30.6 Å². The van der Waals surface area contributed by atoms with Crippen LogP contribution in [0.5, 0.6) is 5.75 Å². The zero-order valence-corrected chi connectivity index (χ0v) is 19.6. The molecular formula is C27H38O5. The van der Waals surface area contributed by atoms with Crippen LogP contribution >= 0.6 is 0 Å². The van der Waals surface area contributed by atoms with E-state index in [1.54, 1.807) is 31.2 Å². The van der Waals surface area contributed by atoms with E-state index in [0.29, 0.717) is 16.9 Å². The summed E-state index contributed by atoms with van der Waals surface area (Å²) < 4.78 is 16.0. The van der Waals surface area contributed by atoms with Gasteiger partial charge in [-0.2, -0.15) is 0 Å². The van der Waals surface area contributed by atoms with Crippen molar-refractivity contribution >= 4 is 11.9 Å². The summed E-state index contributed by atoms with van der Waals surface area (Å²) in [5.41, 5.74) is 0.827. The van der Waals surface area contributed by atoms with Crippen molar-refractivity contribution in [2.45, 2.75) is 84.2 Å². The van der Waals surface area contributed by atoms with E-state index < -0.39 is 5.97 Å². The van der Waals surface area contributed by atoms with E-state index in [2.05, 4.69) is 13.5 Å². The van der Waals surface area contributed by atoms with E-state index >= 15 is 0 Å². The Bertz CT molecular complexity index is 753. The smallest absolute Gasteiger partial charge is 0.338 e. The maximum Gasteiger partial charge on any atom is 0.338 e. The molecular weight excluding hydrogens is 404 g/mol. The van der Waals surface area contributed by atoms with Crippen molar-refractivity contribution in [3.05, 3.63) is 42.0 Å². The minimum Gasteiger partial charge on any atom is -0.459 e. The minimum absolute atomic E-state index is 0.0210. The van der Waals surface area contributed by atoms with Crippen molar-refractivity contribution in [2.24, 2.45) is 17.8 Å². The molecule has 176 valence electrons. The Kier molecular flexibility index (Phi) is 9.19. The molecule has 5 heteroatoms. The number of hydrogen-bond donors (Lipinski definition) is 0. The van der Waals surface area contributed by atoms with E-state index in [-0.39, 0.29) is 18.9 Å². The average Bonchev–Trinajstić information content (AvgIpc) is 2.80. The molecule has 0 atom stereocenters. The SMILES string of the molecule is C=C(C)C(=O)OCOc1ccc(C(=O)OC2CCC(C3CCC(CCC)CC3)CC2)cc1. The monoisotopic (exact) mass is 442 g/mol. The summed E-state index contributed by atoms with van der Waals surface area (Å²) in [5, 5.41) is 0. The highest BCUT2D eigenvalue weighted by molar-refractivity contribution is 5.89. The molecule has 1 aromatic carbocycles. The molecule has 3 rings (SSSR count). The molecule has 0 radical (unpaired) electrons. The van der Waals surface area contributed by atoms with Crippen LogP contribution in [0.15, 0.2) is 36.4 Å². The van der Waals surface area contributed by atoms with Crippen LogP contribution in [0.3, 0.4) is 0 Å². The highest BCUT2D eigenvalue weighted by Crippen LogP contribution is 2.41. The van der Waals surface area contributed by atoms with Gasteiger partial charge in [-0.3, -0.25) is 0 Å². The van der Waals surface area contributed by atoms with Crippen molar-refractivity contribution in [2.75, 3.05) is 6.79 Å². The van der Waals surface area contributed by atoms with E-state index in [1.165, 1.54) is 51.4 Å². The van der Waals surface area contributed by atoms with Gasteiger partial charge >= 0.3 is 11.9 Å². The minimum atomic E-state index is -0.496. The average molecular weight is 443 g/mol. The van der Waals surface area contributed by atoms with Crippen molar-refractivity contribution in [1.82, 2.24) is 0 Å². The first-order valence-electron chi connectivity index (χ1n) is 12.2. The van der Waals surface area contributed by atoms with Gasteiger partial charge in [0.25, 0.3) is 0 Å². The van der Waals surface area contributed by atoms with Crippen LogP contribution < -0.4 is 4.74 Å². The van der Waals surface area contributed by atoms with Gasteiger partial charge in [-0.15, -0.1) is 0 Å². The molecule has 2 saturated carbocycles. The number of ether oxygens (including phenoxy) is 3. The lowest BCUT2D eigenvalue weighted by atomic mass is 9.70. The van der Waals surface area contributed by atoms with Crippen molar-refractivity contribution in [3.63, 3.8) is 0 Å². The van der Waals surface area contributed by atoms with Gasteiger partial charge in [0.15, 0.2) is 0 Å². The topological polar surface area (TPSA) is 61.8 Å². The number of rotatable bonds is 9. The molecule has 0 unspecified atom stereocenters.